The van der Waals surface area contributed by atoms with Crippen LogP contribution in [0, 0.1) is 12.7 Å². The van der Waals surface area contributed by atoms with Gasteiger partial charge in [-0.2, -0.15) is 0 Å². The molecular weight excluding hydrogens is 433 g/mol. The smallest absolute Gasteiger partial charge is 0.264 e. The number of carbonyl (C=O) groups excluding carboxylic acids is 1. The first-order valence-corrected chi connectivity index (χ1v) is 11.1. The summed E-state index contributed by atoms with van der Waals surface area (Å²) in [4.78, 5) is 19.4. The molecule has 1 fully saturated rings. The van der Waals surface area contributed by atoms with Gasteiger partial charge >= 0.3 is 0 Å². The predicted octanol–water partition coefficient (Wildman–Crippen LogP) is 6.31. The van der Waals surface area contributed by atoms with Crippen molar-refractivity contribution in [3.63, 3.8) is 0 Å². The minimum absolute atomic E-state index is 0.200. The molecule has 2 heterocycles. The van der Waals surface area contributed by atoms with Gasteiger partial charge in [-0.1, -0.05) is 23.7 Å². The number of aryl methyl sites for hydroxylation is 1. The van der Waals surface area contributed by atoms with E-state index in [-0.39, 0.29) is 17.3 Å². The number of benzene rings is 2. The number of aliphatic imine (C=N–C) groups is 1. The van der Waals surface area contributed by atoms with Gasteiger partial charge in [0.15, 0.2) is 5.17 Å². The van der Waals surface area contributed by atoms with E-state index in [2.05, 4.69) is 35.1 Å². The lowest BCUT2D eigenvalue weighted by Crippen LogP contribution is -2.42. The molecule has 0 radical (unpaired) electrons. The average molecular weight is 456 g/mol. The zero-order valence-electron chi connectivity index (χ0n) is 18.0. The van der Waals surface area contributed by atoms with E-state index < -0.39 is 0 Å². The molecule has 7 heteroatoms. The first-order chi connectivity index (χ1) is 14.5. The molecule has 2 aliphatic heterocycles. The summed E-state index contributed by atoms with van der Waals surface area (Å²) in [5.41, 5.74) is 4.68. The molecular formula is C24H23ClFN3OS. The first kappa shape index (κ1) is 21.7. The van der Waals surface area contributed by atoms with Gasteiger partial charge in [-0.15, -0.1) is 0 Å². The van der Waals surface area contributed by atoms with Gasteiger partial charge in [0.05, 0.1) is 16.1 Å². The van der Waals surface area contributed by atoms with Crippen molar-refractivity contribution < 1.29 is 9.18 Å². The van der Waals surface area contributed by atoms with Crippen molar-refractivity contribution >= 4 is 57.5 Å². The Kier molecular flexibility index (Phi) is 5.48. The highest BCUT2D eigenvalue weighted by Gasteiger charge is 2.30. The molecule has 1 N–H and O–H groups in total. The number of nitrogens with zero attached hydrogens (tertiary/aromatic N) is 2. The fourth-order valence-electron chi connectivity index (χ4n) is 3.73. The number of hydrogen-bond acceptors (Lipinski definition) is 4. The molecule has 0 unspecified atom stereocenters. The van der Waals surface area contributed by atoms with Gasteiger partial charge in [0.2, 0.25) is 0 Å². The maximum absolute atomic E-state index is 15.0. The molecule has 2 aromatic rings. The standard InChI is InChI=1S/C24H23ClFN3OS/c1-13-6-7-16(25)10-19(13)27-23-28-22(30)21(31-23)9-15-8-17-14(2)12-24(3,4)29(5)20(17)11-18(15)26/h6-12H,1-5H3,(H,27,28,30)/b21-9+. The minimum Gasteiger partial charge on any atom is -0.365 e. The van der Waals surface area contributed by atoms with Crippen molar-refractivity contribution in [3.8, 4) is 0 Å². The van der Waals surface area contributed by atoms with Crippen LogP contribution >= 0.6 is 23.4 Å². The quantitative estimate of drug-likeness (QED) is 0.539. The SMILES string of the molecule is CC1=CC(C)(C)N(C)c2cc(F)c(/C=C3/SC(=Nc4cc(Cl)ccc4C)NC3=O)cc21. The zero-order chi connectivity index (χ0) is 22.5. The monoisotopic (exact) mass is 455 g/mol. The number of hydrogen-bond donors (Lipinski definition) is 1. The van der Waals surface area contributed by atoms with Crippen molar-refractivity contribution in [2.75, 3.05) is 11.9 Å². The Morgan fingerprint density at radius 2 is 1.97 bits per heavy atom. The average Bonchev–Trinajstić information content (AvgIpc) is 3.03. The van der Waals surface area contributed by atoms with Crippen molar-refractivity contribution in [2.24, 2.45) is 4.99 Å². The van der Waals surface area contributed by atoms with Crippen LogP contribution in [0.1, 0.15) is 37.5 Å². The van der Waals surface area contributed by atoms with Crippen LogP contribution in [0.15, 0.2) is 46.3 Å². The van der Waals surface area contributed by atoms with Gasteiger partial charge in [0.1, 0.15) is 5.82 Å². The molecule has 4 nitrogen and oxygen atoms in total. The van der Waals surface area contributed by atoms with Crippen LogP contribution in [-0.2, 0) is 4.79 Å². The number of amidine groups is 1. The minimum atomic E-state index is -0.368. The van der Waals surface area contributed by atoms with E-state index in [0.29, 0.717) is 26.3 Å². The van der Waals surface area contributed by atoms with E-state index in [9.17, 15) is 9.18 Å². The second-order valence-electron chi connectivity index (χ2n) is 8.34. The summed E-state index contributed by atoms with van der Waals surface area (Å²) < 4.78 is 15.0. The number of amides is 1. The lowest BCUT2D eigenvalue weighted by molar-refractivity contribution is -0.115. The molecule has 0 atom stereocenters. The maximum Gasteiger partial charge on any atom is 0.264 e. The molecule has 2 aromatic carbocycles. The second-order valence-corrected chi connectivity index (χ2v) is 9.81. The molecule has 4 rings (SSSR count). The van der Waals surface area contributed by atoms with Gasteiger partial charge < -0.3 is 10.2 Å². The summed E-state index contributed by atoms with van der Waals surface area (Å²) in [5, 5.41) is 3.76. The maximum atomic E-state index is 15.0. The molecule has 0 aromatic heterocycles. The molecule has 31 heavy (non-hydrogen) atoms. The first-order valence-electron chi connectivity index (χ1n) is 9.88. The van der Waals surface area contributed by atoms with E-state index in [0.717, 1.165) is 22.4 Å². The zero-order valence-corrected chi connectivity index (χ0v) is 19.6. The van der Waals surface area contributed by atoms with Crippen LogP contribution < -0.4 is 10.2 Å². The number of likely N-dealkylation sites (N-methyl/N-ethyl adjacent to an activating group) is 1. The van der Waals surface area contributed by atoms with E-state index >= 15 is 0 Å². The summed E-state index contributed by atoms with van der Waals surface area (Å²) in [6, 6.07) is 8.76. The van der Waals surface area contributed by atoms with Crippen molar-refractivity contribution in [3.05, 3.63) is 68.8 Å². The highest BCUT2D eigenvalue weighted by atomic mass is 35.5. The Bertz CT molecular complexity index is 1200. The number of thioether (sulfide) groups is 1. The normalized spacial score (nSPS) is 20.2. The highest BCUT2D eigenvalue weighted by molar-refractivity contribution is 8.18. The third kappa shape index (κ3) is 4.14. The summed E-state index contributed by atoms with van der Waals surface area (Å²) in [7, 11) is 1.96. The molecule has 0 spiro atoms. The van der Waals surface area contributed by atoms with E-state index in [1.54, 1.807) is 30.3 Å². The van der Waals surface area contributed by atoms with Crippen LogP contribution in [0.25, 0.3) is 11.6 Å². The Hall–Kier alpha value is -2.57. The topological polar surface area (TPSA) is 44.7 Å². The van der Waals surface area contributed by atoms with Gasteiger partial charge in [-0.05, 0) is 80.9 Å². The molecule has 0 saturated carbocycles. The third-order valence-electron chi connectivity index (χ3n) is 5.67. The number of carbonyl (C=O) groups is 1. The van der Waals surface area contributed by atoms with Crippen molar-refractivity contribution in [1.82, 2.24) is 5.32 Å². The molecule has 0 bridgehead atoms. The summed E-state index contributed by atoms with van der Waals surface area (Å²) >= 11 is 7.24. The number of nitrogens with one attached hydrogen (secondary N) is 1. The van der Waals surface area contributed by atoms with Gasteiger partial charge in [-0.25, -0.2) is 9.38 Å². The number of halogens is 2. The van der Waals surface area contributed by atoms with Crippen molar-refractivity contribution in [2.45, 2.75) is 33.2 Å². The molecule has 1 amide bonds. The number of rotatable bonds is 2. The summed E-state index contributed by atoms with van der Waals surface area (Å²) in [6.07, 6.45) is 3.75. The van der Waals surface area contributed by atoms with Crippen molar-refractivity contribution in [1.29, 1.82) is 0 Å². The van der Waals surface area contributed by atoms with E-state index in [1.165, 1.54) is 11.8 Å². The van der Waals surface area contributed by atoms with Gasteiger partial charge in [0.25, 0.3) is 5.91 Å². The fraction of sp³-hybridized carbons (Fsp3) is 0.250. The van der Waals surface area contributed by atoms with Crippen LogP contribution in [0.5, 0.6) is 0 Å². The number of allylic oxidation sites excluding steroid dienone is 1. The fourth-order valence-corrected chi connectivity index (χ4v) is 4.72. The van der Waals surface area contributed by atoms with E-state index in [4.69, 9.17) is 11.6 Å². The van der Waals surface area contributed by atoms with Crippen LogP contribution in [0.3, 0.4) is 0 Å². The highest BCUT2D eigenvalue weighted by Crippen LogP contribution is 2.40. The Balaban J connectivity index is 1.68. The van der Waals surface area contributed by atoms with Gasteiger partial charge in [0, 0.05) is 28.9 Å². The largest absolute Gasteiger partial charge is 0.365 e. The molecule has 160 valence electrons. The van der Waals surface area contributed by atoms with E-state index in [1.807, 2.05) is 27.0 Å². The van der Waals surface area contributed by atoms with Crippen LogP contribution in [-0.4, -0.2) is 23.7 Å². The van der Waals surface area contributed by atoms with Crippen LogP contribution in [0.4, 0.5) is 15.8 Å². The summed E-state index contributed by atoms with van der Waals surface area (Å²) in [5.74, 6) is -0.667. The third-order valence-corrected chi connectivity index (χ3v) is 6.81. The molecule has 0 aliphatic carbocycles. The Morgan fingerprint density at radius 3 is 2.71 bits per heavy atom. The second kappa shape index (κ2) is 7.84. The lowest BCUT2D eigenvalue weighted by Gasteiger charge is -2.40. The summed E-state index contributed by atoms with van der Waals surface area (Å²) in [6.45, 7) is 8.13. The predicted molar refractivity (Wildman–Crippen MR) is 130 cm³/mol. The van der Waals surface area contributed by atoms with Crippen LogP contribution in [0.2, 0.25) is 5.02 Å². The lowest BCUT2D eigenvalue weighted by atomic mass is 9.88. The number of anilines is 1. The Morgan fingerprint density at radius 1 is 1.23 bits per heavy atom. The molecule has 1 saturated heterocycles. The number of fused-ring (bicyclic) bond motifs is 1. The van der Waals surface area contributed by atoms with Gasteiger partial charge in [-0.3, -0.25) is 4.79 Å². The molecule has 2 aliphatic rings. The Labute approximate surface area is 190 Å².